The lowest BCUT2D eigenvalue weighted by molar-refractivity contribution is -0.125. The first-order valence-electron chi connectivity index (χ1n) is 7.49. The zero-order valence-corrected chi connectivity index (χ0v) is 14.4. The largest absolute Gasteiger partial charge is 0.493 e. The molecular formula is C17H16ClN3O4. The summed E-state index contributed by atoms with van der Waals surface area (Å²) in [5.41, 5.74) is 1.88. The Balaban J connectivity index is 1.69. The van der Waals surface area contributed by atoms with Gasteiger partial charge in [0.25, 0.3) is 5.91 Å². The van der Waals surface area contributed by atoms with Gasteiger partial charge in [-0.25, -0.2) is 4.98 Å². The molecule has 8 heteroatoms. The summed E-state index contributed by atoms with van der Waals surface area (Å²) in [5, 5.41) is 6.92. The Bertz CT molecular complexity index is 825. The molecule has 1 aliphatic rings. The quantitative estimate of drug-likeness (QED) is 0.828. The van der Waals surface area contributed by atoms with Crippen LogP contribution < -0.4 is 14.8 Å². The van der Waals surface area contributed by atoms with E-state index < -0.39 is 6.10 Å². The van der Waals surface area contributed by atoms with Gasteiger partial charge in [-0.15, -0.1) is 0 Å². The van der Waals surface area contributed by atoms with Gasteiger partial charge in [0.05, 0.1) is 25.6 Å². The van der Waals surface area contributed by atoms with Crippen LogP contribution in [0.25, 0.3) is 0 Å². The molecule has 0 saturated heterocycles. The minimum absolute atomic E-state index is 0.217. The fourth-order valence-corrected chi connectivity index (χ4v) is 2.56. The average Bonchev–Trinajstić information content (AvgIpc) is 3.13. The maximum absolute atomic E-state index is 12.3. The lowest BCUT2D eigenvalue weighted by atomic mass is 10.0. The van der Waals surface area contributed by atoms with E-state index in [1.807, 2.05) is 6.07 Å². The van der Waals surface area contributed by atoms with E-state index in [0.29, 0.717) is 29.3 Å². The molecule has 0 unspecified atom stereocenters. The van der Waals surface area contributed by atoms with Crippen LogP contribution in [0.5, 0.6) is 11.5 Å². The van der Waals surface area contributed by atoms with E-state index in [1.165, 1.54) is 0 Å². The van der Waals surface area contributed by atoms with E-state index in [2.05, 4.69) is 15.5 Å². The van der Waals surface area contributed by atoms with Crippen molar-refractivity contribution in [2.75, 3.05) is 19.5 Å². The van der Waals surface area contributed by atoms with Crippen molar-refractivity contribution in [3.63, 3.8) is 0 Å². The normalized spacial score (nSPS) is 16.0. The third kappa shape index (κ3) is 3.66. The predicted molar refractivity (Wildman–Crippen MR) is 93.4 cm³/mol. The first-order valence-corrected chi connectivity index (χ1v) is 7.86. The molecule has 2 aromatic rings. The minimum Gasteiger partial charge on any atom is -0.493 e. The molecule has 1 aliphatic heterocycles. The zero-order chi connectivity index (χ0) is 17.8. The summed E-state index contributed by atoms with van der Waals surface area (Å²) in [5.74, 6) is 0.859. The first-order chi connectivity index (χ1) is 12.1. The number of ether oxygens (including phenoxy) is 2. The van der Waals surface area contributed by atoms with Gasteiger partial charge >= 0.3 is 0 Å². The van der Waals surface area contributed by atoms with Gasteiger partial charge in [0.1, 0.15) is 0 Å². The molecule has 0 radical (unpaired) electrons. The SMILES string of the molecule is COc1ccc(C2=NO[C@H](C(=O)Nc3cccnc3Cl)C2)cc1OC. The second kappa shape index (κ2) is 7.40. The van der Waals surface area contributed by atoms with Crippen molar-refractivity contribution in [1.29, 1.82) is 0 Å². The Morgan fingerprint density at radius 2 is 2.08 bits per heavy atom. The van der Waals surface area contributed by atoms with Crippen LogP contribution in [0.1, 0.15) is 12.0 Å². The number of carbonyl (C=O) groups excluding carboxylic acids is 1. The van der Waals surface area contributed by atoms with Crippen molar-refractivity contribution < 1.29 is 19.1 Å². The van der Waals surface area contributed by atoms with E-state index in [1.54, 1.807) is 44.7 Å². The van der Waals surface area contributed by atoms with Crippen molar-refractivity contribution in [2.45, 2.75) is 12.5 Å². The highest BCUT2D eigenvalue weighted by molar-refractivity contribution is 6.32. The average molecular weight is 362 g/mol. The number of benzene rings is 1. The molecule has 3 rings (SSSR count). The van der Waals surface area contributed by atoms with Gasteiger partial charge in [-0.05, 0) is 30.3 Å². The summed E-state index contributed by atoms with van der Waals surface area (Å²) in [7, 11) is 3.13. The molecule has 1 amide bonds. The summed E-state index contributed by atoms with van der Waals surface area (Å²) in [6.07, 6.45) is 1.14. The number of nitrogens with zero attached hydrogens (tertiary/aromatic N) is 2. The van der Waals surface area contributed by atoms with Crippen LogP contribution >= 0.6 is 11.6 Å². The standard InChI is InChI=1S/C17H16ClN3O4/c1-23-13-6-5-10(8-14(13)24-2)12-9-15(25-21-12)17(22)20-11-4-3-7-19-16(11)18/h3-8,15H,9H2,1-2H3,(H,20,22)/t15-/m0/s1. The molecular weight excluding hydrogens is 346 g/mol. The number of anilines is 1. The van der Waals surface area contributed by atoms with Crippen LogP contribution in [0.4, 0.5) is 5.69 Å². The van der Waals surface area contributed by atoms with E-state index in [0.717, 1.165) is 5.56 Å². The van der Waals surface area contributed by atoms with Gasteiger partial charge in [-0.2, -0.15) is 0 Å². The number of aromatic nitrogens is 1. The summed E-state index contributed by atoms with van der Waals surface area (Å²) < 4.78 is 10.5. The molecule has 2 heterocycles. The maximum Gasteiger partial charge on any atom is 0.268 e. The smallest absolute Gasteiger partial charge is 0.268 e. The minimum atomic E-state index is -0.737. The number of halogens is 1. The number of hydrogen-bond donors (Lipinski definition) is 1. The highest BCUT2D eigenvalue weighted by Crippen LogP contribution is 2.29. The van der Waals surface area contributed by atoms with Crippen molar-refractivity contribution in [1.82, 2.24) is 4.98 Å². The molecule has 0 saturated carbocycles. The Hall–Kier alpha value is -2.80. The van der Waals surface area contributed by atoms with Crippen LogP contribution in [-0.4, -0.2) is 36.9 Å². The molecule has 7 nitrogen and oxygen atoms in total. The monoisotopic (exact) mass is 361 g/mol. The zero-order valence-electron chi connectivity index (χ0n) is 13.7. The molecule has 1 atom stereocenters. The van der Waals surface area contributed by atoms with Crippen LogP contribution in [-0.2, 0) is 9.63 Å². The molecule has 1 aromatic heterocycles. The molecule has 1 N–H and O–H groups in total. The van der Waals surface area contributed by atoms with Crippen LogP contribution in [0.3, 0.4) is 0 Å². The summed E-state index contributed by atoms with van der Waals surface area (Å²) in [4.78, 5) is 21.5. The number of rotatable bonds is 5. The predicted octanol–water partition coefficient (Wildman–Crippen LogP) is 2.88. The number of hydrogen-bond acceptors (Lipinski definition) is 6. The molecule has 25 heavy (non-hydrogen) atoms. The number of methoxy groups -OCH3 is 2. The van der Waals surface area contributed by atoms with Crippen molar-refractivity contribution in [2.24, 2.45) is 5.16 Å². The molecule has 0 fully saturated rings. The maximum atomic E-state index is 12.3. The Labute approximate surface area is 149 Å². The number of carbonyl (C=O) groups is 1. The van der Waals surface area contributed by atoms with E-state index in [4.69, 9.17) is 25.9 Å². The fourth-order valence-electron chi connectivity index (χ4n) is 2.40. The lowest BCUT2D eigenvalue weighted by Gasteiger charge is -2.10. The van der Waals surface area contributed by atoms with Gasteiger partial charge in [-0.3, -0.25) is 4.79 Å². The Morgan fingerprint density at radius 3 is 2.80 bits per heavy atom. The third-order valence-electron chi connectivity index (χ3n) is 3.70. The van der Waals surface area contributed by atoms with Crippen molar-refractivity contribution in [3.05, 3.63) is 47.2 Å². The van der Waals surface area contributed by atoms with Gasteiger partial charge in [0.15, 0.2) is 16.7 Å². The first kappa shape index (κ1) is 17.0. The number of amides is 1. The van der Waals surface area contributed by atoms with Crippen LogP contribution in [0.15, 0.2) is 41.7 Å². The molecule has 130 valence electrons. The van der Waals surface area contributed by atoms with Crippen molar-refractivity contribution in [3.8, 4) is 11.5 Å². The summed E-state index contributed by atoms with van der Waals surface area (Å²) in [6.45, 7) is 0. The molecule has 0 aliphatic carbocycles. The highest BCUT2D eigenvalue weighted by Gasteiger charge is 2.29. The third-order valence-corrected chi connectivity index (χ3v) is 4.00. The summed E-state index contributed by atoms with van der Waals surface area (Å²) >= 11 is 5.94. The van der Waals surface area contributed by atoms with Crippen LogP contribution in [0, 0.1) is 0 Å². The Kier molecular flexibility index (Phi) is 5.04. The molecule has 0 bridgehead atoms. The lowest BCUT2D eigenvalue weighted by Crippen LogP contribution is -2.28. The molecule has 1 aromatic carbocycles. The van der Waals surface area contributed by atoms with E-state index in [9.17, 15) is 4.79 Å². The van der Waals surface area contributed by atoms with Crippen molar-refractivity contribution >= 4 is 28.9 Å². The second-order valence-electron chi connectivity index (χ2n) is 5.24. The van der Waals surface area contributed by atoms with Gasteiger partial charge in [0.2, 0.25) is 6.10 Å². The topological polar surface area (TPSA) is 82.0 Å². The van der Waals surface area contributed by atoms with Gasteiger partial charge < -0.3 is 19.6 Å². The number of oxime groups is 1. The number of pyridine rings is 1. The Morgan fingerprint density at radius 1 is 1.28 bits per heavy atom. The van der Waals surface area contributed by atoms with E-state index >= 15 is 0 Å². The van der Waals surface area contributed by atoms with Crippen LogP contribution in [0.2, 0.25) is 5.15 Å². The van der Waals surface area contributed by atoms with E-state index in [-0.39, 0.29) is 11.1 Å². The fraction of sp³-hybridized carbons (Fsp3) is 0.235. The van der Waals surface area contributed by atoms with Gasteiger partial charge in [0, 0.05) is 18.2 Å². The second-order valence-corrected chi connectivity index (χ2v) is 5.59. The highest BCUT2D eigenvalue weighted by atomic mass is 35.5. The summed E-state index contributed by atoms with van der Waals surface area (Å²) in [6, 6.07) is 8.75. The number of nitrogens with one attached hydrogen (secondary N) is 1. The van der Waals surface area contributed by atoms with Gasteiger partial charge in [-0.1, -0.05) is 16.8 Å². The molecule has 0 spiro atoms.